The van der Waals surface area contributed by atoms with Crippen molar-refractivity contribution in [2.45, 2.75) is 13.8 Å². The molecule has 2 heteroatoms. The lowest BCUT2D eigenvalue weighted by Gasteiger charge is -2.02. The molecular weight excluding hydrogens is 174 g/mol. The number of hydrogen-bond acceptors (Lipinski definition) is 2. The molecule has 2 aromatic rings. The van der Waals surface area contributed by atoms with E-state index in [0.717, 1.165) is 10.8 Å². The van der Waals surface area contributed by atoms with Gasteiger partial charge in [0.15, 0.2) is 0 Å². The fourth-order valence-corrected chi connectivity index (χ4v) is 1.27. The number of rotatable bonds is 0. The summed E-state index contributed by atoms with van der Waals surface area (Å²) in [6.45, 7) is 4.00. The molecule has 14 heavy (non-hydrogen) atoms. The summed E-state index contributed by atoms with van der Waals surface area (Å²) >= 11 is 0. The SMILES string of the molecule is CC.Nc1ccc2ccccc2c1O. The van der Waals surface area contributed by atoms with Crippen molar-refractivity contribution in [1.29, 1.82) is 0 Å². The van der Waals surface area contributed by atoms with Gasteiger partial charge in [0, 0.05) is 5.39 Å². The fraction of sp³-hybridized carbons (Fsp3) is 0.167. The van der Waals surface area contributed by atoms with Crippen molar-refractivity contribution in [2.75, 3.05) is 5.73 Å². The molecule has 0 aliphatic rings. The normalized spacial score (nSPS) is 9.29. The minimum atomic E-state index is 0.174. The van der Waals surface area contributed by atoms with E-state index in [2.05, 4.69) is 0 Å². The zero-order valence-electron chi connectivity index (χ0n) is 8.49. The third-order valence-electron chi connectivity index (χ3n) is 1.93. The van der Waals surface area contributed by atoms with Gasteiger partial charge in [0.2, 0.25) is 0 Å². The third kappa shape index (κ3) is 1.79. The minimum absolute atomic E-state index is 0.174. The van der Waals surface area contributed by atoms with E-state index in [1.54, 1.807) is 6.07 Å². The predicted octanol–water partition coefficient (Wildman–Crippen LogP) is 3.15. The molecular formula is C12H15NO. The maximum atomic E-state index is 9.53. The molecule has 0 unspecified atom stereocenters. The van der Waals surface area contributed by atoms with Crippen LogP contribution >= 0.6 is 0 Å². The van der Waals surface area contributed by atoms with Crippen LogP contribution in [0.2, 0.25) is 0 Å². The summed E-state index contributed by atoms with van der Waals surface area (Å²) in [7, 11) is 0. The molecule has 0 spiro atoms. The molecule has 2 nitrogen and oxygen atoms in total. The standard InChI is InChI=1S/C10H9NO.C2H6/c11-9-6-5-7-3-1-2-4-8(7)10(9)12;1-2/h1-6,12H,11H2;1-2H3. The third-order valence-corrected chi connectivity index (χ3v) is 1.93. The highest BCUT2D eigenvalue weighted by Gasteiger charge is 2.00. The summed E-state index contributed by atoms with van der Waals surface area (Å²) < 4.78 is 0. The van der Waals surface area contributed by atoms with Gasteiger partial charge in [-0.05, 0) is 11.5 Å². The van der Waals surface area contributed by atoms with Gasteiger partial charge in [0.1, 0.15) is 5.75 Å². The first-order valence-electron chi connectivity index (χ1n) is 4.75. The summed E-state index contributed by atoms with van der Waals surface area (Å²) in [5.41, 5.74) is 5.96. The molecule has 3 N–H and O–H groups in total. The average Bonchev–Trinajstić information content (AvgIpc) is 2.27. The highest BCUT2D eigenvalue weighted by Crippen LogP contribution is 2.29. The second-order valence-corrected chi connectivity index (χ2v) is 2.72. The summed E-state index contributed by atoms with van der Waals surface area (Å²) in [5.74, 6) is 0.174. The van der Waals surface area contributed by atoms with Crippen LogP contribution in [0.25, 0.3) is 10.8 Å². The topological polar surface area (TPSA) is 46.2 Å². The van der Waals surface area contributed by atoms with Crippen molar-refractivity contribution in [1.82, 2.24) is 0 Å². The lowest BCUT2D eigenvalue weighted by Crippen LogP contribution is -1.85. The van der Waals surface area contributed by atoms with Crippen molar-refractivity contribution < 1.29 is 5.11 Å². The Morgan fingerprint density at radius 2 is 1.64 bits per heavy atom. The Hall–Kier alpha value is -1.70. The van der Waals surface area contributed by atoms with E-state index in [1.165, 1.54) is 0 Å². The number of benzene rings is 2. The van der Waals surface area contributed by atoms with Crippen LogP contribution in [-0.4, -0.2) is 5.11 Å². The molecule has 0 radical (unpaired) electrons. The molecule has 0 saturated heterocycles. The fourth-order valence-electron chi connectivity index (χ4n) is 1.27. The second kappa shape index (κ2) is 4.51. The van der Waals surface area contributed by atoms with Crippen LogP contribution in [0.15, 0.2) is 36.4 Å². The molecule has 0 bridgehead atoms. The lowest BCUT2D eigenvalue weighted by molar-refractivity contribution is 0.484. The maximum Gasteiger partial charge on any atom is 0.146 e. The van der Waals surface area contributed by atoms with Crippen LogP contribution < -0.4 is 5.73 Å². The van der Waals surface area contributed by atoms with Gasteiger partial charge in [0.05, 0.1) is 5.69 Å². The van der Waals surface area contributed by atoms with Gasteiger partial charge < -0.3 is 10.8 Å². The number of nitrogens with two attached hydrogens (primary N) is 1. The van der Waals surface area contributed by atoms with E-state index in [0.29, 0.717) is 5.69 Å². The van der Waals surface area contributed by atoms with Gasteiger partial charge in [-0.15, -0.1) is 0 Å². The summed E-state index contributed by atoms with van der Waals surface area (Å²) in [5, 5.41) is 11.3. The molecule has 2 aromatic carbocycles. The Morgan fingerprint density at radius 3 is 2.36 bits per heavy atom. The average molecular weight is 189 g/mol. The van der Waals surface area contributed by atoms with Crippen molar-refractivity contribution in [3.8, 4) is 5.75 Å². The lowest BCUT2D eigenvalue weighted by atomic mass is 10.1. The molecule has 2 rings (SSSR count). The van der Waals surface area contributed by atoms with E-state index in [1.807, 2.05) is 44.2 Å². The Kier molecular flexibility index (Phi) is 3.35. The summed E-state index contributed by atoms with van der Waals surface area (Å²) in [6.07, 6.45) is 0. The maximum absolute atomic E-state index is 9.53. The molecule has 0 aliphatic carbocycles. The molecule has 0 atom stereocenters. The van der Waals surface area contributed by atoms with Crippen molar-refractivity contribution in [3.05, 3.63) is 36.4 Å². The van der Waals surface area contributed by atoms with Gasteiger partial charge >= 0.3 is 0 Å². The van der Waals surface area contributed by atoms with E-state index < -0.39 is 0 Å². The Labute approximate surface area is 84.0 Å². The van der Waals surface area contributed by atoms with Gasteiger partial charge in [-0.3, -0.25) is 0 Å². The minimum Gasteiger partial charge on any atom is -0.505 e. The number of nitrogen functional groups attached to an aromatic ring is 1. The number of phenolic OH excluding ortho intramolecular Hbond substituents is 1. The summed E-state index contributed by atoms with van der Waals surface area (Å²) in [6, 6.07) is 11.2. The van der Waals surface area contributed by atoms with Crippen LogP contribution in [-0.2, 0) is 0 Å². The zero-order chi connectivity index (χ0) is 10.6. The van der Waals surface area contributed by atoms with Crippen LogP contribution in [0.5, 0.6) is 5.75 Å². The Bertz CT molecular complexity index is 424. The number of aromatic hydroxyl groups is 1. The zero-order valence-corrected chi connectivity index (χ0v) is 8.49. The molecule has 0 fully saturated rings. The van der Waals surface area contributed by atoms with Crippen LogP contribution in [0.1, 0.15) is 13.8 Å². The van der Waals surface area contributed by atoms with E-state index >= 15 is 0 Å². The van der Waals surface area contributed by atoms with Crippen molar-refractivity contribution >= 4 is 16.5 Å². The number of hydrogen-bond donors (Lipinski definition) is 2. The van der Waals surface area contributed by atoms with Gasteiger partial charge in [-0.1, -0.05) is 44.2 Å². The van der Waals surface area contributed by atoms with Crippen molar-refractivity contribution in [3.63, 3.8) is 0 Å². The van der Waals surface area contributed by atoms with Crippen molar-refractivity contribution in [2.24, 2.45) is 0 Å². The quantitative estimate of drug-likeness (QED) is 0.494. The number of fused-ring (bicyclic) bond motifs is 1. The molecule has 0 heterocycles. The van der Waals surface area contributed by atoms with Gasteiger partial charge in [0.25, 0.3) is 0 Å². The monoisotopic (exact) mass is 189 g/mol. The molecule has 0 aromatic heterocycles. The smallest absolute Gasteiger partial charge is 0.146 e. The first-order chi connectivity index (χ1) is 6.79. The van der Waals surface area contributed by atoms with Crippen LogP contribution in [0.4, 0.5) is 5.69 Å². The van der Waals surface area contributed by atoms with E-state index in [9.17, 15) is 5.11 Å². The Balaban J connectivity index is 0.000000461. The largest absolute Gasteiger partial charge is 0.505 e. The van der Waals surface area contributed by atoms with Gasteiger partial charge in [-0.25, -0.2) is 0 Å². The first-order valence-corrected chi connectivity index (χ1v) is 4.75. The van der Waals surface area contributed by atoms with Crippen LogP contribution in [0.3, 0.4) is 0 Å². The highest BCUT2D eigenvalue weighted by atomic mass is 16.3. The molecule has 74 valence electrons. The second-order valence-electron chi connectivity index (χ2n) is 2.72. The number of anilines is 1. The molecule has 0 aliphatic heterocycles. The van der Waals surface area contributed by atoms with E-state index in [-0.39, 0.29) is 5.75 Å². The predicted molar refractivity (Wildman–Crippen MR) is 61.4 cm³/mol. The molecule has 0 amide bonds. The summed E-state index contributed by atoms with van der Waals surface area (Å²) in [4.78, 5) is 0. The van der Waals surface area contributed by atoms with Crippen LogP contribution in [0, 0.1) is 0 Å². The van der Waals surface area contributed by atoms with Gasteiger partial charge in [-0.2, -0.15) is 0 Å². The molecule has 0 saturated carbocycles. The number of phenols is 1. The first kappa shape index (κ1) is 10.4. The van der Waals surface area contributed by atoms with E-state index in [4.69, 9.17) is 5.73 Å². The highest BCUT2D eigenvalue weighted by molar-refractivity contribution is 5.92. The Morgan fingerprint density at radius 1 is 1.00 bits per heavy atom.